The van der Waals surface area contributed by atoms with Gasteiger partial charge in [-0.3, -0.25) is 24.2 Å². The molecule has 2 saturated carbocycles. The van der Waals surface area contributed by atoms with Crippen LogP contribution in [-0.2, 0) is 35.6 Å². The Labute approximate surface area is 282 Å². The van der Waals surface area contributed by atoms with Gasteiger partial charge in [-0.25, -0.2) is 13.2 Å². The molecule has 3 heterocycles. The first-order chi connectivity index (χ1) is 22.2. The third kappa shape index (κ3) is 7.36. The van der Waals surface area contributed by atoms with Gasteiger partial charge in [0.2, 0.25) is 27.6 Å². The van der Waals surface area contributed by atoms with Crippen LogP contribution in [0.25, 0.3) is 0 Å². The number of hydrogen-bond donors (Lipinski definition) is 4. The highest BCUT2D eigenvalue weighted by molar-refractivity contribution is 7.88. The minimum absolute atomic E-state index is 0.0446. The number of fused-ring (bicyclic) bond motifs is 1. The molecular weight excluding hydrogens is 638 g/mol. The molecule has 14 nitrogen and oxygen atoms in total. The van der Waals surface area contributed by atoms with E-state index < -0.39 is 68.6 Å². The van der Waals surface area contributed by atoms with E-state index in [1.807, 2.05) is 46.8 Å². The Balaban J connectivity index is 1.37. The average molecular weight is 688 g/mol. The van der Waals surface area contributed by atoms with E-state index in [2.05, 4.69) is 20.9 Å². The number of amides is 5. The van der Waals surface area contributed by atoms with Crippen molar-refractivity contribution in [1.29, 1.82) is 0 Å². The fourth-order valence-corrected chi connectivity index (χ4v) is 8.71. The van der Waals surface area contributed by atoms with Crippen LogP contribution in [0.3, 0.4) is 0 Å². The predicted octanol–water partition coefficient (Wildman–Crippen LogP) is 0.564. The van der Waals surface area contributed by atoms with Crippen LogP contribution in [-0.4, -0.2) is 102 Å². The highest BCUT2D eigenvalue weighted by atomic mass is 32.2. The first kappa shape index (κ1) is 35.7. The Morgan fingerprint density at radius 1 is 1.10 bits per heavy atom. The number of nitrogens with two attached hydrogens (primary N) is 1. The first-order valence-electron chi connectivity index (χ1n) is 16.6. The summed E-state index contributed by atoms with van der Waals surface area (Å²) in [7, 11) is -3.55. The van der Waals surface area contributed by atoms with Crippen LogP contribution >= 0.6 is 0 Å². The second-order valence-corrected chi connectivity index (χ2v) is 17.8. The summed E-state index contributed by atoms with van der Waals surface area (Å²) in [5, 5.41) is 8.67. The lowest BCUT2D eigenvalue weighted by molar-refractivity contribution is -0.145. The fourth-order valence-electron chi connectivity index (χ4n) is 7.77. The van der Waals surface area contributed by atoms with Gasteiger partial charge in [-0.05, 0) is 66.4 Å². The number of carbonyl (C=O) groups is 5. The van der Waals surface area contributed by atoms with Gasteiger partial charge in [0.25, 0.3) is 5.91 Å². The van der Waals surface area contributed by atoms with E-state index in [9.17, 15) is 32.4 Å². The molecule has 0 aromatic carbocycles. The first-order valence-corrected chi connectivity index (χ1v) is 18.5. The summed E-state index contributed by atoms with van der Waals surface area (Å²) in [5.41, 5.74) is 3.98. The number of likely N-dealkylation sites (tertiary alicyclic amines) is 1. The number of ketones is 1. The lowest BCUT2D eigenvalue weighted by atomic mass is 9.84. The van der Waals surface area contributed by atoms with Crippen LogP contribution in [0.2, 0.25) is 0 Å². The van der Waals surface area contributed by atoms with Crippen LogP contribution in [0.5, 0.6) is 0 Å². The number of rotatable bonds is 11. The van der Waals surface area contributed by atoms with Crippen LogP contribution in [0.4, 0.5) is 4.79 Å². The van der Waals surface area contributed by atoms with E-state index in [-0.39, 0.29) is 36.1 Å². The maximum atomic E-state index is 14.4. The number of urea groups is 1. The Bertz CT molecular complexity index is 1570. The molecule has 5 N–H and O–H groups in total. The number of nitrogens with zero attached hydrogens (tertiary/aromatic N) is 3. The molecule has 5 rings (SSSR count). The normalized spacial score (nSPS) is 28.0. The molecule has 6 atom stereocenters. The summed E-state index contributed by atoms with van der Waals surface area (Å²) in [4.78, 5) is 72.4. The number of nitrogens with one attached hydrogen (secondary N) is 3. The van der Waals surface area contributed by atoms with Crippen molar-refractivity contribution in [3.63, 3.8) is 0 Å². The largest absolute Gasteiger partial charge is 0.363 e. The third-order valence-electron chi connectivity index (χ3n) is 10.7. The molecule has 2 aliphatic carbocycles. The number of Topliss-reactive ketones (excluding diaryl/α,β-unsaturated/α-hetero) is 1. The van der Waals surface area contributed by atoms with Crippen molar-refractivity contribution in [3.05, 3.63) is 30.1 Å². The van der Waals surface area contributed by atoms with E-state index in [1.54, 1.807) is 12.3 Å². The van der Waals surface area contributed by atoms with Crippen molar-refractivity contribution in [3.8, 4) is 0 Å². The molecule has 5 amide bonds. The summed E-state index contributed by atoms with van der Waals surface area (Å²) in [6, 6.07) is 1.80. The van der Waals surface area contributed by atoms with Gasteiger partial charge in [-0.1, -0.05) is 40.7 Å². The molecule has 2 unspecified atom stereocenters. The van der Waals surface area contributed by atoms with Crippen LogP contribution in [0, 0.1) is 28.6 Å². The van der Waals surface area contributed by atoms with Crippen LogP contribution < -0.4 is 21.7 Å². The molecule has 15 heteroatoms. The second-order valence-electron chi connectivity index (χ2n) is 15.8. The maximum absolute atomic E-state index is 14.4. The quantitative estimate of drug-likeness (QED) is 0.242. The van der Waals surface area contributed by atoms with Crippen molar-refractivity contribution in [1.82, 2.24) is 30.1 Å². The second kappa shape index (κ2) is 12.7. The molecule has 1 aromatic heterocycles. The Morgan fingerprint density at radius 3 is 2.35 bits per heavy atom. The minimum atomic E-state index is -3.55. The average Bonchev–Trinajstić information content (AvgIpc) is 3.86. The van der Waals surface area contributed by atoms with Crippen molar-refractivity contribution >= 4 is 39.6 Å². The zero-order valence-electron chi connectivity index (χ0n) is 28.6. The molecular formula is C33H49N7O7S. The number of pyridine rings is 1. The molecule has 48 heavy (non-hydrogen) atoms. The van der Waals surface area contributed by atoms with Crippen molar-refractivity contribution in [2.45, 2.75) is 90.4 Å². The van der Waals surface area contributed by atoms with Gasteiger partial charge >= 0.3 is 6.03 Å². The number of sulfonamides is 1. The smallest absolute Gasteiger partial charge is 0.315 e. The van der Waals surface area contributed by atoms with Gasteiger partial charge in [0.1, 0.15) is 18.1 Å². The molecule has 264 valence electrons. The topological polar surface area (TPSA) is 201 Å². The molecule has 0 bridgehead atoms. The molecule has 1 aromatic rings. The number of primary amides is 1. The van der Waals surface area contributed by atoms with Crippen molar-refractivity contribution in [2.24, 2.45) is 34.3 Å². The van der Waals surface area contributed by atoms with Gasteiger partial charge in [0.15, 0.2) is 0 Å². The fraction of sp³-hybridized carbons (Fsp3) is 0.697. The van der Waals surface area contributed by atoms with Crippen molar-refractivity contribution in [2.75, 3.05) is 25.9 Å². The molecule has 2 aliphatic heterocycles. The van der Waals surface area contributed by atoms with E-state index >= 15 is 0 Å². The number of piperidine rings is 2. The van der Waals surface area contributed by atoms with Crippen molar-refractivity contribution < 1.29 is 32.4 Å². The lowest BCUT2D eigenvalue weighted by Crippen LogP contribution is -2.66. The zero-order chi connectivity index (χ0) is 35.4. The Morgan fingerprint density at radius 2 is 1.79 bits per heavy atom. The number of hydrogen-bond acceptors (Lipinski definition) is 8. The van der Waals surface area contributed by atoms with E-state index in [0.29, 0.717) is 44.5 Å². The van der Waals surface area contributed by atoms with E-state index in [4.69, 9.17) is 5.73 Å². The standard InChI is InChI=1S/C33H49N7O7S/c1-31(2,3)26(37-30(45)38-33(16-20-10-7-8-14-35-20)13-9-15-39(18-33)48(6,46)47)29(44)40-17-21-22(32(21,4)5)24(40)28(43)36-23(19-11-12-19)25(41)27(34)42/h7-8,10,14,19,21-24,26H,9,11-13,15-18H2,1-6H3,(H2,34,42)(H,36,43)(H2,37,38,45)/t21-,22-,23?,24-,26+,33?/m0/s1. The maximum Gasteiger partial charge on any atom is 0.315 e. The predicted molar refractivity (Wildman–Crippen MR) is 176 cm³/mol. The van der Waals surface area contributed by atoms with Gasteiger partial charge in [-0.2, -0.15) is 4.31 Å². The summed E-state index contributed by atoms with van der Waals surface area (Å²) in [6.07, 6.45) is 5.44. The minimum Gasteiger partial charge on any atom is -0.363 e. The zero-order valence-corrected chi connectivity index (χ0v) is 29.4. The van der Waals surface area contributed by atoms with Gasteiger partial charge in [-0.15, -0.1) is 0 Å². The molecule has 2 saturated heterocycles. The summed E-state index contributed by atoms with van der Waals surface area (Å²) in [5.74, 6) is -3.21. The highest BCUT2D eigenvalue weighted by Gasteiger charge is 2.70. The molecule has 0 radical (unpaired) electrons. The number of carbonyl (C=O) groups excluding carboxylic acids is 5. The summed E-state index contributed by atoms with van der Waals surface area (Å²) in [6.45, 7) is 10.2. The number of aromatic nitrogens is 1. The van der Waals surface area contributed by atoms with Gasteiger partial charge in [0, 0.05) is 37.9 Å². The Kier molecular flexibility index (Phi) is 9.45. The van der Waals surface area contributed by atoms with Gasteiger partial charge in [0.05, 0.1) is 11.8 Å². The monoisotopic (exact) mass is 687 g/mol. The summed E-state index contributed by atoms with van der Waals surface area (Å²) >= 11 is 0. The van der Waals surface area contributed by atoms with Crippen LogP contribution in [0.1, 0.15) is 66.0 Å². The third-order valence-corrected chi connectivity index (χ3v) is 12.0. The van der Waals surface area contributed by atoms with Gasteiger partial charge < -0.3 is 26.6 Å². The molecule has 0 spiro atoms. The van der Waals surface area contributed by atoms with Crippen LogP contribution in [0.15, 0.2) is 24.4 Å². The SMILES string of the molecule is CC(C)(C)[C@H](NC(=O)NC1(Cc2ccccn2)CCCN(S(C)(=O)=O)C1)C(=O)N1C[C@H]2[C@@H]([C@H]1C(=O)NC(C(=O)C(N)=O)C1CC1)C2(C)C. The highest BCUT2D eigenvalue weighted by Crippen LogP contribution is 2.65. The Hall–Kier alpha value is -3.59. The molecule has 4 aliphatic rings. The lowest BCUT2D eigenvalue weighted by Gasteiger charge is -2.43. The van der Waals surface area contributed by atoms with E-state index in [1.165, 1.54) is 9.21 Å². The molecule has 4 fully saturated rings. The summed E-state index contributed by atoms with van der Waals surface area (Å²) < 4.78 is 26.5. The van der Waals surface area contributed by atoms with E-state index in [0.717, 1.165) is 6.26 Å².